The topological polar surface area (TPSA) is 52.1 Å². The molecule has 1 fully saturated rings. The molecule has 1 heterocycles. The van der Waals surface area contributed by atoms with Gasteiger partial charge in [0.25, 0.3) is 0 Å². The molecular weight excluding hydrogens is 345 g/mol. The summed E-state index contributed by atoms with van der Waals surface area (Å²) in [5.41, 5.74) is 0.949. The van der Waals surface area contributed by atoms with Crippen LogP contribution in [0.4, 0.5) is 4.39 Å². The van der Waals surface area contributed by atoms with Gasteiger partial charge in [0.1, 0.15) is 5.82 Å². The van der Waals surface area contributed by atoms with Gasteiger partial charge < -0.3 is 20.3 Å². The van der Waals surface area contributed by atoms with E-state index in [1.807, 2.05) is 20.2 Å². The molecule has 0 spiro atoms. The summed E-state index contributed by atoms with van der Waals surface area (Å²) < 4.78 is 19.0. The van der Waals surface area contributed by atoms with Crippen molar-refractivity contribution in [1.82, 2.24) is 20.4 Å². The lowest BCUT2D eigenvalue weighted by Crippen LogP contribution is -2.45. The van der Waals surface area contributed by atoms with E-state index in [0.717, 1.165) is 50.9 Å². The Kier molecular flexibility index (Phi) is 8.97. The van der Waals surface area contributed by atoms with E-state index in [9.17, 15) is 4.39 Å². The van der Waals surface area contributed by atoms with Crippen molar-refractivity contribution >= 4 is 5.96 Å². The quantitative estimate of drug-likeness (QED) is 0.532. The highest BCUT2D eigenvalue weighted by Crippen LogP contribution is 2.18. The van der Waals surface area contributed by atoms with Crippen molar-refractivity contribution in [2.24, 2.45) is 4.99 Å². The van der Waals surface area contributed by atoms with Crippen molar-refractivity contribution in [3.8, 4) is 0 Å². The SMILES string of the molecule is CCNC(=NCC(C)N1CCOCC1)NCC(c1cccc(F)c1)N(C)C. The van der Waals surface area contributed by atoms with E-state index < -0.39 is 0 Å². The molecule has 1 aromatic rings. The van der Waals surface area contributed by atoms with Gasteiger partial charge in [0.15, 0.2) is 5.96 Å². The van der Waals surface area contributed by atoms with Crippen molar-refractivity contribution in [3.63, 3.8) is 0 Å². The molecule has 27 heavy (non-hydrogen) atoms. The van der Waals surface area contributed by atoms with E-state index in [2.05, 4.69) is 34.3 Å². The van der Waals surface area contributed by atoms with Gasteiger partial charge in [-0.05, 0) is 45.6 Å². The minimum atomic E-state index is -0.209. The van der Waals surface area contributed by atoms with Crippen LogP contribution in [-0.4, -0.2) is 81.8 Å². The van der Waals surface area contributed by atoms with Gasteiger partial charge in [0.05, 0.1) is 25.8 Å². The van der Waals surface area contributed by atoms with Crippen molar-refractivity contribution < 1.29 is 9.13 Å². The number of hydrogen-bond donors (Lipinski definition) is 2. The van der Waals surface area contributed by atoms with Crippen LogP contribution in [0.1, 0.15) is 25.5 Å². The monoisotopic (exact) mass is 379 g/mol. The molecule has 0 aromatic heterocycles. The first-order valence-corrected chi connectivity index (χ1v) is 9.77. The highest BCUT2D eigenvalue weighted by atomic mass is 19.1. The maximum absolute atomic E-state index is 13.6. The lowest BCUT2D eigenvalue weighted by molar-refractivity contribution is 0.0220. The number of hydrogen-bond acceptors (Lipinski definition) is 4. The summed E-state index contributed by atoms with van der Waals surface area (Å²) in [6, 6.07) is 7.21. The van der Waals surface area contributed by atoms with Gasteiger partial charge in [0.2, 0.25) is 0 Å². The number of nitrogens with one attached hydrogen (secondary N) is 2. The second-order valence-electron chi connectivity index (χ2n) is 7.13. The molecule has 1 aliphatic heterocycles. The molecule has 2 atom stereocenters. The van der Waals surface area contributed by atoms with E-state index in [-0.39, 0.29) is 11.9 Å². The zero-order chi connectivity index (χ0) is 19.6. The van der Waals surface area contributed by atoms with Gasteiger partial charge >= 0.3 is 0 Å². The molecule has 1 aromatic carbocycles. The third-order valence-corrected chi connectivity index (χ3v) is 4.85. The Hall–Kier alpha value is -1.70. The number of aliphatic imine (C=N–C) groups is 1. The summed E-state index contributed by atoms with van der Waals surface area (Å²) in [6.45, 7) is 9.94. The Morgan fingerprint density at radius 3 is 2.67 bits per heavy atom. The predicted octanol–water partition coefficient (Wildman–Crippen LogP) is 1.70. The third-order valence-electron chi connectivity index (χ3n) is 4.85. The molecular formula is C20H34FN5O. The minimum absolute atomic E-state index is 0.0567. The molecule has 0 bridgehead atoms. The number of halogens is 1. The minimum Gasteiger partial charge on any atom is -0.379 e. The molecule has 2 N–H and O–H groups in total. The van der Waals surface area contributed by atoms with E-state index >= 15 is 0 Å². The maximum atomic E-state index is 13.6. The first-order chi connectivity index (χ1) is 13.0. The summed E-state index contributed by atoms with van der Waals surface area (Å²) >= 11 is 0. The molecule has 0 aliphatic carbocycles. The van der Waals surface area contributed by atoms with Gasteiger partial charge in [-0.1, -0.05) is 12.1 Å². The second kappa shape index (κ2) is 11.2. The number of guanidine groups is 1. The van der Waals surface area contributed by atoms with Gasteiger partial charge in [-0.3, -0.25) is 9.89 Å². The fourth-order valence-corrected chi connectivity index (χ4v) is 3.20. The standard InChI is InChI=1S/C20H34FN5O/c1-5-22-20(23-14-16(2)26-9-11-27-12-10-26)24-15-19(25(3)4)17-7-6-8-18(21)13-17/h6-8,13,16,19H,5,9-12,14-15H2,1-4H3,(H2,22,23,24). The summed E-state index contributed by atoms with van der Waals surface area (Å²) in [7, 11) is 4.00. The maximum Gasteiger partial charge on any atom is 0.191 e. The smallest absolute Gasteiger partial charge is 0.191 e. The normalized spacial score (nSPS) is 18.4. The second-order valence-corrected chi connectivity index (χ2v) is 7.13. The van der Waals surface area contributed by atoms with Crippen molar-refractivity contribution in [2.75, 3.05) is 60.0 Å². The van der Waals surface area contributed by atoms with Crippen LogP contribution in [0.15, 0.2) is 29.3 Å². The number of likely N-dealkylation sites (N-methyl/N-ethyl adjacent to an activating group) is 1. The molecule has 2 rings (SSSR count). The van der Waals surface area contributed by atoms with E-state index in [0.29, 0.717) is 12.6 Å². The Labute approximate surface area is 162 Å². The number of nitrogens with zero attached hydrogens (tertiary/aromatic N) is 3. The van der Waals surface area contributed by atoms with Gasteiger partial charge in [0, 0.05) is 32.2 Å². The Morgan fingerprint density at radius 1 is 1.30 bits per heavy atom. The number of benzene rings is 1. The Balaban J connectivity index is 1.96. The number of morpholine rings is 1. The van der Waals surface area contributed by atoms with Gasteiger partial charge in [-0.25, -0.2) is 4.39 Å². The van der Waals surface area contributed by atoms with Crippen LogP contribution < -0.4 is 10.6 Å². The van der Waals surface area contributed by atoms with Crippen LogP contribution in [0.25, 0.3) is 0 Å². The zero-order valence-electron chi connectivity index (χ0n) is 17.0. The fourth-order valence-electron chi connectivity index (χ4n) is 3.20. The van der Waals surface area contributed by atoms with Crippen molar-refractivity contribution in [1.29, 1.82) is 0 Å². The summed E-state index contributed by atoms with van der Waals surface area (Å²) in [6.07, 6.45) is 0. The molecule has 7 heteroatoms. The first-order valence-electron chi connectivity index (χ1n) is 9.77. The molecule has 0 saturated carbocycles. The fraction of sp³-hybridized carbons (Fsp3) is 0.650. The van der Waals surface area contributed by atoms with E-state index in [1.54, 1.807) is 12.1 Å². The number of ether oxygens (including phenoxy) is 1. The van der Waals surface area contributed by atoms with Crippen LogP contribution in [0, 0.1) is 5.82 Å². The first kappa shape index (κ1) is 21.6. The summed E-state index contributed by atoms with van der Waals surface area (Å²) in [5, 5.41) is 6.71. The van der Waals surface area contributed by atoms with Crippen LogP contribution in [0.2, 0.25) is 0 Å². The molecule has 0 amide bonds. The van der Waals surface area contributed by atoms with Crippen molar-refractivity contribution in [2.45, 2.75) is 25.9 Å². The van der Waals surface area contributed by atoms with Crippen LogP contribution in [0.3, 0.4) is 0 Å². The van der Waals surface area contributed by atoms with E-state index in [4.69, 9.17) is 9.73 Å². The van der Waals surface area contributed by atoms with Crippen molar-refractivity contribution in [3.05, 3.63) is 35.6 Å². The van der Waals surface area contributed by atoms with Crippen LogP contribution in [0.5, 0.6) is 0 Å². The zero-order valence-corrected chi connectivity index (χ0v) is 17.0. The predicted molar refractivity (Wildman–Crippen MR) is 109 cm³/mol. The average molecular weight is 380 g/mol. The highest BCUT2D eigenvalue weighted by molar-refractivity contribution is 5.79. The molecule has 152 valence electrons. The molecule has 6 nitrogen and oxygen atoms in total. The molecule has 1 aliphatic rings. The average Bonchev–Trinajstić information content (AvgIpc) is 2.66. The third kappa shape index (κ3) is 7.08. The highest BCUT2D eigenvalue weighted by Gasteiger charge is 2.18. The Bertz CT molecular complexity index is 589. The van der Waals surface area contributed by atoms with Crippen LogP contribution in [-0.2, 0) is 4.74 Å². The summed E-state index contributed by atoms with van der Waals surface area (Å²) in [4.78, 5) is 9.24. The van der Waals surface area contributed by atoms with Gasteiger partial charge in [-0.2, -0.15) is 0 Å². The van der Waals surface area contributed by atoms with E-state index in [1.165, 1.54) is 6.07 Å². The number of rotatable bonds is 8. The molecule has 0 radical (unpaired) electrons. The largest absolute Gasteiger partial charge is 0.379 e. The Morgan fingerprint density at radius 2 is 2.04 bits per heavy atom. The summed E-state index contributed by atoms with van der Waals surface area (Å²) in [5.74, 6) is 0.583. The van der Waals surface area contributed by atoms with Crippen LogP contribution >= 0.6 is 0 Å². The molecule has 1 saturated heterocycles. The lowest BCUT2D eigenvalue weighted by Gasteiger charge is -2.31. The molecule has 2 unspecified atom stereocenters. The lowest BCUT2D eigenvalue weighted by atomic mass is 10.1. The van der Waals surface area contributed by atoms with Gasteiger partial charge in [-0.15, -0.1) is 0 Å².